The van der Waals surface area contributed by atoms with E-state index in [1.807, 2.05) is 24.3 Å². The molecule has 1 aliphatic carbocycles. The predicted octanol–water partition coefficient (Wildman–Crippen LogP) is 6.49. The van der Waals surface area contributed by atoms with Gasteiger partial charge in [-0.05, 0) is 81.2 Å². The first-order chi connectivity index (χ1) is 21.8. The molecule has 2 bridgehead atoms. The maximum absolute atomic E-state index is 16.6. The lowest BCUT2D eigenvalue weighted by Crippen LogP contribution is -2.51. The van der Waals surface area contributed by atoms with Crippen LogP contribution in [0.3, 0.4) is 0 Å². The van der Waals surface area contributed by atoms with Crippen molar-refractivity contribution >= 4 is 50.7 Å². The van der Waals surface area contributed by atoms with E-state index in [-0.39, 0.29) is 11.5 Å². The molecule has 0 spiro atoms. The Hall–Kier alpha value is -2.04. The highest BCUT2D eigenvalue weighted by Crippen LogP contribution is 2.46. The van der Waals surface area contributed by atoms with Crippen LogP contribution >= 0.6 is 23.2 Å². The predicted molar refractivity (Wildman–Crippen MR) is 181 cm³/mol. The smallest absolute Gasteiger partial charge is 0.319 e. The quantitative estimate of drug-likeness (QED) is 0.247. The van der Waals surface area contributed by atoms with Crippen LogP contribution in [0.15, 0.2) is 24.3 Å². The second-order valence-electron chi connectivity index (χ2n) is 13.3. The second kappa shape index (κ2) is 13.6. The molecule has 1 saturated carbocycles. The normalized spacial score (nSPS) is 25.2. The fourth-order valence-corrected chi connectivity index (χ4v) is 9.57. The molecule has 0 amide bonds. The number of fused-ring (bicyclic) bond motifs is 3. The highest BCUT2D eigenvalue weighted by atomic mass is 35.5. The van der Waals surface area contributed by atoms with Crippen molar-refractivity contribution in [1.82, 2.24) is 20.2 Å². The minimum atomic E-state index is -0.740. The van der Waals surface area contributed by atoms with E-state index < -0.39 is 16.6 Å². The summed E-state index contributed by atoms with van der Waals surface area (Å²) >= 11 is 13.5. The van der Waals surface area contributed by atoms with Gasteiger partial charge in [0.2, 0.25) is 0 Å². The van der Waals surface area contributed by atoms with Gasteiger partial charge in [0.25, 0.3) is 0 Å². The van der Waals surface area contributed by atoms with Crippen LogP contribution in [-0.4, -0.2) is 82.0 Å². The summed E-state index contributed by atoms with van der Waals surface area (Å²) < 4.78 is 35.0. The number of aromatic nitrogens is 2. The molecule has 4 fully saturated rings. The van der Waals surface area contributed by atoms with E-state index in [4.69, 9.17) is 32.9 Å². The van der Waals surface area contributed by atoms with E-state index in [1.165, 1.54) is 0 Å². The maximum atomic E-state index is 16.6. The molecule has 4 heterocycles. The van der Waals surface area contributed by atoms with Gasteiger partial charge in [-0.1, -0.05) is 41.8 Å². The van der Waals surface area contributed by atoms with Crippen molar-refractivity contribution in [3.63, 3.8) is 0 Å². The molecule has 3 aliphatic heterocycles. The Balaban J connectivity index is 1.16. The van der Waals surface area contributed by atoms with Gasteiger partial charge in [0.05, 0.1) is 6.61 Å². The summed E-state index contributed by atoms with van der Waals surface area (Å²) in [5, 5.41) is 5.40. The molecular formula is C34H42Cl2FN5O2S. The van der Waals surface area contributed by atoms with Gasteiger partial charge in [-0.2, -0.15) is 9.97 Å². The number of piperazine rings is 1. The summed E-state index contributed by atoms with van der Waals surface area (Å²) in [7, 11) is 1.36. The standard InChI is InChI=1S/C34H42Cl2FN5O2S/c1-41(25-7-2-3-15-45(43)20-25)13-5-14-44-34-39-32-27(33(40-34)42-18-23-11-12-24(19-42)38-23)17-29(36)26(31(32)37)16-22-6-4-8-28(35)30(22)21-9-10-21/h4,6,8,17,21,23-25,38H,2-3,5,7,9-16,18-20H2,1H3. The third kappa shape index (κ3) is 6.98. The number of nitrogens with zero attached hydrogens (tertiary/aromatic N) is 4. The van der Waals surface area contributed by atoms with Crippen LogP contribution in [0.2, 0.25) is 10.0 Å². The molecule has 1 N–H and O–H groups in total. The average molecular weight is 675 g/mol. The Bertz CT molecular complexity index is 1580. The number of hydrogen-bond donors (Lipinski definition) is 1. The molecule has 4 atom stereocenters. The topological polar surface area (TPSA) is 70.6 Å². The van der Waals surface area contributed by atoms with Crippen molar-refractivity contribution in [1.29, 1.82) is 0 Å². The second-order valence-corrected chi connectivity index (χ2v) is 15.8. The van der Waals surface area contributed by atoms with E-state index in [0.717, 1.165) is 98.7 Å². The van der Waals surface area contributed by atoms with Gasteiger partial charge in [-0.25, -0.2) is 4.39 Å². The maximum Gasteiger partial charge on any atom is 0.319 e. The largest absolute Gasteiger partial charge is 0.463 e. The summed E-state index contributed by atoms with van der Waals surface area (Å²) in [4.78, 5) is 14.1. The lowest BCUT2D eigenvalue weighted by atomic mass is 9.95. The molecular weight excluding hydrogens is 632 g/mol. The van der Waals surface area contributed by atoms with Crippen LogP contribution in [-0.2, 0) is 17.2 Å². The monoisotopic (exact) mass is 673 g/mol. The lowest BCUT2D eigenvalue weighted by molar-refractivity contribution is 0.213. The Morgan fingerprint density at radius 3 is 2.67 bits per heavy atom. The molecule has 3 saturated heterocycles. The summed E-state index contributed by atoms with van der Waals surface area (Å²) in [6, 6.07) is 8.99. The summed E-state index contributed by atoms with van der Waals surface area (Å²) in [5.41, 5.74) is 2.79. The molecule has 11 heteroatoms. The summed E-state index contributed by atoms with van der Waals surface area (Å²) in [6.45, 7) is 2.82. The molecule has 1 aromatic heterocycles. The van der Waals surface area contributed by atoms with E-state index >= 15 is 4.39 Å². The van der Waals surface area contributed by atoms with Crippen LogP contribution in [0.5, 0.6) is 6.01 Å². The first kappa shape index (κ1) is 31.6. The van der Waals surface area contributed by atoms with Gasteiger partial charge in [0.15, 0.2) is 5.82 Å². The van der Waals surface area contributed by atoms with Crippen LogP contribution in [0.1, 0.15) is 74.0 Å². The van der Waals surface area contributed by atoms with E-state index in [1.54, 1.807) is 0 Å². The van der Waals surface area contributed by atoms with Crippen molar-refractivity contribution in [3.05, 3.63) is 56.8 Å². The summed E-state index contributed by atoms with van der Waals surface area (Å²) in [5.74, 6) is 2.24. The van der Waals surface area contributed by atoms with Crippen LogP contribution < -0.4 is 15.0 Å². The van der Waals surface area contributed by atoms with Crippen molar-refractivity contribution in [3.8, 4) is 6.01 Å². The van der Waals surface area contributed by atoms with Gasteiger partial charge in [0.1, 0.15) is 11.3 Å². The number of hydrogen-bond acceptors (Lipinski definition) is 7. The minimum Gasteiger partial charge on any atom is -0.463 e. The molecule has 7 nitrogen and oxygen atoms in total. The van der Waals surface area contributed by atoms with E-state index in [9.17, 15) is 4.21 Å². The molecule has 4 unspecified atom stereocenters. The van der Waals surface area contributed by atoms with Crippen LogP contribution in [0.4, 0.5) is 10.2 Å². The Morgan fingerprint density at radius 2 is 1.89 bits per heavy atom. The van der Waals surface area contributed by atoms with Crippen molar-refractivity contribution in [2.45, 2.75) is 81.8 Å². The van der Waals surface area contributed by atoms with Crippen LogP contribution in [0.25, 0.3) is 10.9 Å². The number of halogens is 3. The van der Waals surface area contributed by atoms with Gasteiger partial charge in [-0.3, -0.25) is 4.21 Å². The molecule has 4 aliphatic rings. The molecule has 0 radical (unpaired) electrons. The van der Waals surface area contributed by atoms with Gasteiger partial charge < -0.3 is 19.9 Å². The Morgan fingerprint density at radius 1 is 1.09 bits per heavy atom. The van der Waals surface area contributed by atoms with Gasteiger partial charge >= 0.3 is 6.01 Å². The van der Waals surface area contributed by atoms with E-state index in [0.29, 0.717) is 58.9 Å². The zero-order chi connectivity index (χ0) is 31.1. The average Bonchev–Trinajstić information content (AvgIpc) is 3.84. The fraction of sp³-hybridized carbons (Fsp3) is 0.588. The third-order valence-electron chi connectivity index (χ3n) is 10.00. The third-order valence-corrected chi connectivity index (χ3v) is 12.2. The SMILES string of the molecule is CN(CCCOc1nc(N2CC3CCC(C2)N3)c2cc(Cl)c(Cc3cccc(Cl)c3C3CC3)c(F)c2n1)C1CCCCS(=O)C1. The van der Waals surface area contributed by atoms with Crippen LogP contribution in [0, 0.1) is 5.82 Å². The zero-order valence-electron chi connectivity index (χ0n) is 25.9. The number of nitrogens with one attached hydrogen (secondary N) is 1. The lowest BCUT2D eigenvalue weighted by Gasteiger charge is -2.34. The van der Waals surface area contributed by atoms with E-state index in [2.05, 4.69) is 27.1 Å². The first-order valence-corrected chi connectivity index (χ1v) is 18.7. The van der Waals surface area contributed by atoms with Gasteiger partial charge in [0, 0.05) is 87.5 Å². The fourth-order valence-electron chi connectivity index (χ4n) is 7.42. The minimum absolute atomic E-state index is 0.190. The Labute approximate surface area is 277 Å². The number of rotatable bonds is 10. The first-order valence-electron chi connectivity index (χ1n) is 16.5. The zero-order valence-corrected chi connectivity index (χ0v) is 28.2. The number of ether oxygens (including phenoxy) is 1. The molecule has 45 heavy (non-hydrogen) atoms. The molecule has 242 valence electrons. The van der Waals surface area contributed by atoms with Crippen molar-refractivity contribution in [2.24, 2.45) is 0 Å². The number of anilines is 1. The summed E-state index contributed by atoms with van der Waals surface area (Å²) in [6.07, 6.45) is 8.80. The Kier molecular flexibility index (Phi) is 9.53. The molecule has 2 aromatic carbocycles. The van der Waals surface area contributed by atoms with Crippen molar-refractivity contribution in [2.75, 3.05) is 49.7 Å². The molecule has 7 rings (SSSR count). The highest BCUT2D eigenvalue weighted by molar-refractivity contribution is 7.85. The van der Waals surface area contributed by atoms with Crippen molar-refractivity contribution < 1.29 is 13.3 Å². The molecule has 3 aromatic rings. The number of benzene rings is 2. The van der Waals surface area contributed by atoms with Gasteiger partial charge in [-0.15, -0.1) is 0 Å². The highest BCUT2D eigenvalue weighted by Gasteiger charge is 2.35.